The van der Waals surface area contributed by atoms with E-state index in [0.29, 0.717) is 6.42 Å². The molecule has 0 bridgehead atoms. The molecule has 2 fully saturated rings. The molecule has 7 nitrogen and oxygen atoms in total. The Morgan fingerprint density at radius 3 is 2.59 bits per heavy atom. The maximum absolute atomic E-state index is 12.9. The fraction of sp³-hybridized carbons (Fsp3) is 0.550. The molecule has 4 N–H and O–H groups in total. The molecule has 7 heteroatoms. The third-order valence-electron chi connectivity index (χ3n) is 5.65. The van der Waals surface area contributed by atoms with Gasteiger partial charge in [0.1, 0.15) is 6.04 Å². The average molecular weight is 372 g/mol. The molecular formula is C20H28N4O3. The van der Waals surface area contributed by atoms with Crippen molar-refractivity contribution < 1.29 is 14.4 Å². The zero-order chi connectivity index (χ0) is 19.4. The summed E-state index contributed by atoms with van der Waals surface area (Å²) >= 11 is 0. The lowest BCUT2D eigenvalue weighted by molar-refractivity contribution is -0.147. The fourth-order valence-electron chi connectivity index (χ4n) is 4.12. The van der Waals surface area contributed by atoms with Gasteiger partial charge in [-0.2, -0.15) is 0 Å². The lowest BCUT2D eigenvalue weighted by atomic mass is 9.92. The second kappa shape index (κ2) is 8.52. The summed E-state index contributed by atoms with van der Waals surface area (Å²) in [5.41, 5.74) is 6.34. The van der Waals surface area contributed by atoms with Crippen molar-refractivity contribution in [3.05, 3.63) is 35.9 Å². The Bertz CT molecular complexity index is 694. The van der Waals surface area contributed by atoms with Crippen molar-refractivity contribution in [1.82, 2.24) is 15.5 Å². The molecule has 4 atom stereocenters. The predicted octanol–water partition coefficient (Wildman–Crippen LogP) is 0.708. The minimum atomic E-state index is -0.429. The molecule has 0 saturated carbocycles. The minimum absolute atomic E-state index is 0.0337. The molecular weight excluding hydrogens is 344 g/mol. The first kappa shape index (κ1) is 19.4. The number of benzene rings is 1. The Morgan fingerprint density at radius 2 is 1.89 bits per heavy atom. The molecule has 2 aliphatic heterocycles. The van der Waals surface area contributed by atoms with Gasteiger partial charge in [-0.05, 0) is 38.2 Å². The Morgan fingerprint density at radius 1 is 1.19 bits per heavy atom. The average Bonchev–Trinajstić information content (AvgIpc) is 3.13. The van der Waals surface area contributed by atoms with E-state index in [1.165, 1.54) is 0 Å². The summed E-state index contributed by atoms with van der Waals surface area (Å²) in [6.07, 6.45) is 3.14. The van der Waals surface area contributed by atoms with Gasteiger partial charge in [0.15, 0.2) is 0 Å². The van der Waals surface area contributed by atoms with E-state index in [4.69, 9.17) is 5.73 Å². The number of nitrogens with one attached hydrogen (secondary N) is 2. The van der Waals surface area contributed by atoms with Gasteiger partial charge in [0.05, 0.1) is 18.5 Å². The van der Waals surface area contributed by atoms with Crippen molar-refractivity contribution in [1.29, 1.82) is 0 Å². The SMILES string of the molecule is C[C@H](NC(=O)C1CC[C@@H]2CCC(CNC(=O)CN)C(=O)N12)c1ccccc1. The van der Waals surface area contributed by atoms with Gasteiger partial charge in [-0.25, -0.2) is 0 Å². The molecule has 2 aliphatic rings. The Balaban J connectivity index is 1.63. The van der Waals surface area contributed by atoms with Gasteiger partial charge in [0.25, 0.3) is 0 Å². The van der Waals surface area contributed by atoms with Gasteiger partial charge in [0, 0.05) is 12.6 Å². The van der Waals surface area contributed by atoms with Crippen LogP contribution in [0.15, 0.2) is 30.3 Å². The number of amides is 3. The van der Waals surface area contributed by atoms with Crippen LogP contribution in [0.4, 0.5) is 0 Å². The van der Waals surface area contributed by atoms with Crippen LogP contribution in [0, 0.1) is 5.92 Å². The highest BCUT2D eigenvalue weighted by Crippen LogP contribution is 2.35. The van der Waals surface area contributed by atoms with E-state index < -0.39 is 6.04 Å². The van der Waals surface area contributed by atoms with Crippen molar-refractivity contribution in [3.8, 4) is 0 Å². The van der Waals surface area contributed by atoms with Crippen molar-refractivity contribution in [2.45, 2.75) is 50.7 Å². The second-order valence-corrected chi connectivity index (χ2v) is 7.42. The molecule has 0 aromatic heterocycles. The molecule has 3 amide bonds. The molecule has 27 heavy (non-hydrogen) atoms. The molecule has 3 rings (SSSR count). The highest BCUT2D eigenvalue weighted by atomic mass is 16.2. The van der Waals surface area contributed by atoms with E-state index in [1.807, 2.05) is 37.3 Å². The number of piperidine rings is 1. The summed E-state index contributed by atoms with van der Waals surface area (Å²) in [5.74, 6) is -0.684. The number of hydrogen-bond acceptors (Lipinski definition) is 4. The van der Waals surface area contributed by atoms with Crippen LogP contribution in [0.5, 0.6) is 0 Å². The van der Waals surface area contributed by atoms with Gasteiger partial charge in [-0.15, -0.1) is 0 Å². The molecule has 0 aliphatic carbocycles. The van der Waals surface area contributed by atoms with Crippen LogP contribution in [-0.2, 0) is 14.4 Å². The van der Waals surface area contributed by atoms with E-state index in [-0.39, 0.29) is 48.8 Å². The van der Waals surface area contributed by atoms with Crippen LogP contribution in [0.2, 0.25) is 0 Å². The third kappa shape index (κ3) is 4.30. The molecule has 2 heterocycles. The van der Waals surface area contributed by atoms with Crippen LogP contribution in [0.3, 0.4) is 0 Å². The largest absolute Gasteiger partial charge is 0.354 e. The van der Waals surface area contributed by atoms with Crippen molar-refractivity contribution in [2.75, 3.05) is 13.1 Å². The lowest BCUT2D eigenvalue weighted by Crippen LogP contribution is -2.55. The maximum atomic E-state index is 12.9. The van der Waals surface area contributed by atoms with E-state index in [2.05, 4.69) is 10.6 Å². The summed E-state index contributed by atoms with van der Waals surface area (Å²) in [6.45, 7) is 2.14. The molecule has 2 saturated heterocycles. The van der Waals surface area contributed by atoms with Gasteiger partial charge >= 0.3 is 0 Å². The number of nitrogens with zero attached hydrogens (tertiary/aromatic N) is 1. The first-order valence-corrected chi connectivity index (χ1v) is 9.65. The highest BCUT2D eigenvalue weighted by molar-refractivity contribution is 5.90. The molecule has 2 unspecified atom stereocenters. The van der Waals surface area contributed by atoms with Crippen LogP contribution in [0.1, 0.15) is 44.2 Å². The predicted molar refractivity (Wildman–Crippen MR) is 101 cm³/mol. The Kier molecular flexibility index (Phi) is 6.11. The molecule has 1 aromatic carbocycles. The number of nitrogens with two attached hydrogens (primary N) is 1. The second-order valence-electron chi connectivity index (χ2n) is 7.42. The van der Waals surface area contributed by atoms with Gasteiger partial charge in [0.2, 0.25) is 17.7 Å². The van der Waals surface area contributed by atoms with Crippen LogP contribution < -0.4 is 16.4 Å². The smallest absolute Gasteiger partial charge is 0.243 e. The van der Waals surface area contributed by atoms with E-state index in [9.17, 15) is 14.4 Å². The van der Waals surface area contributed by atoms with Crippen LogP contribution in [0.25, 0.3) is 0 Å². The van der Waals surface area contributed by atoms with Crippen LogP contribution in [-0.4, -0.2) is 47.8 Å². The number of carbonyl (C=O) groups is 3. The van der Waals surface area contributed by atoms with Gasteiger partial charge in [-0.3, -0.25) is 14.4 Å². The summed E-state index contributed by atoms with van der Waals surface area (Å²) in [6, 6.07) is 9.36. The van der Waals surface area contributed by atoms with E-state index in [0.717, 1.165) is 24.8 Å². The topological polar surface area (TPSA) is 105 Å². The highest BCUT2D eigenvalue weighted by Gasteiger charge is 2.45. The quantitative estimate of drug-likeness (QED) is 0.684. The monoisotopic (exact) mass is 372 g/mol. The Labute approximate surface area is 159 Å². The summed E-state index contributed by atoms with van der Waals surface area (Å²) in [5, 5.41) is 5.74. The standard InChI is InChI=1S/C20H28N4O3/c1-13(14-5-3-2-4-6-14)23-19(26)17-10-9-16-8-7-15(20(27)24(16)17)12-22-18(25)11-21/h2-6,13,15-17H,7-12,21H2,1H3,(H,22,25)(H,23,26)/t13-,15?,16-,17?/m0/s1. The summed E-state index contributed by atoms with van der Waals surface area (Å²) < 4.78 is 0. The number of fused-ring (bicyclic) bond motifs is 1. The number of rotatable bonds is 6. The summed E-state index contributed by atoms with van der Waals surface area (Å²) in [7, 11) is 0. The fourth-order valence-corrected chi connectivity index (χ4v) is 4.12. The third-order valence-corrected chi connectivity index (χ3v) is 5.65. The van der Waals surface area contributed by atoms with Gasteiger partial charge in [-0.1, -0.05) is 30.3 Å². The van der Waals surface area contributed by atoms with Crippen molar-refractivity contribution in [3.63, 3.8) is 0 Å². The van der Waals surface area contributed by atoms with Crippen LogP contribution >= 0.6 is 0 Å². The first-order chi connectivity index (χ1) is 13.0. The van der Waals surface area contributed by atoms with Crippen molar-refractivity contribution in [2.24, 2.45) is 11.7 Å². The molecule has 0 radical (unpaired) electrons. The van der Waals surface area contributed by atoms with Gasteiger partial charge < -0.3 is 21.3 Å². The molecule has 146 valence electrons. The lowest BCUT2D eigenvalue weighted by Gasteiger charge is -2.38. The van der Waals surface area contributed by atoms with Crippen molar-refractivity contribution >= 4 is 17.7 Å². The van der Waals surface area contributed by atoms with E-state index in [1.54, 1.807) is 4.90 Å². The Hall–Kier alpha value is -2.41. The van der Waals surface area contributed by atoms with E-state index >= 15 is 0 Å². The number of carbonyl (C=O) groups excluding carboxylic acids is 3. The maximum Gasteiger partial charge on any atom is 0.243 e. The normalized spacial score (nSPS) is 25.6. The zero-order valence-electron chi connectivity index (χ0n) is 15.7. The first-order valence-electron chi connectivity index (χ1n) is 9.65. The minimum Gasteiger partial charge on any atom is -0.354 e. The zero-order valence-corrected chi connectivity index (χ0v) is 15.7. The summed E-state index contributed by atoms with van der Waals surface area (Å²) in [4.78, 5) is 39.0. The number of hydrogen-bond donors (Lipinski definition) is 3. The molecule has 0 spiro atoms. The molecule has 1 aromatic rings.